The average molecular weight is 458 g/mol. The molecule has 0 atom stereocenters. The molecule has 4 aromatic rings. The summed E-state index contributed by atoms with van der Waals surface area (Å²) in [4.78, 5) is 24.8. The minimum Gasteiger partial charge on any atom is -0.508 e. The van der Waals surface area contributed by atoms with Crippen molar-refractivity contribution in [3.63, 3.8) is 0 Å². The summed E-state index contributed by atoms with van der Waals surface area (Å²) in [6.07, 6.45) is 1.77. The molecule has 7 nitrogen and oxygen atoms in total. The number of carbonyl (C=O) groups is 1. The number of nitrogens with zero attached hydrogens (tertiary/aromatic N) is 4. The number of carbonyl (C=O) groups excluding carboxylic acids is 1. The van der Waals surface area contributed by atoms with Crippen LogP contribution in [0.2, 0.25) is 0 Å². The molecule has 1 saturated heterocycles. The Hall–Kier alpha value is -4.20. The molecule has 1 fully saturated rings. The summed E-state index contributed by atoms with van der Waals surface area (Å²) < 4.78 is 18.7. The highest BCUT2D eigenvalue weighted by atomic mass is 19.1. The summed E-state index contributed by atoms with van der Waals surface area (Å²) in [5.41, 5.74) is 3.86. The SMILES string of the molecule is C=C(F)C(=O)N1CCN(c2cc(OC)nc3cc(-c4cc(O)cc5ccccc45)cnc23)CC1. The van der Waals surface area contributed by atoms with E-state index in [-0.39, 0.29) is 5.75 Å². The number of methoxy groups -OCH3 is 1. The molecule has 1 aliphatic rings. The summed E-state index contributed by atoms with van der Waals surface area (Å²) in [5, 5.41) is 12.2. The monoisotopic (exact) mass is 458 g/mol. The van der Waals surface area contributed by atoms with E-state index in [1.807, 2.05) is 36.4 Å². The van der Waals surface area contributed by atoms with E-state index in [1.165, 1.54) is 4.90 Å². The largest absolute Gasteiger partial charge is 0.508 e. The Labute approximate surface area is 195 Å². The molecule has 2 aromatic carbocycles. The number of benzene rings is 2. The maximum Gasteiger partial charge on any atom is 0.282 e. The minimum absolute atomic E-state index is 0.177. The highest BCUT2D eigenvalue weighted by Gasteiger charge is 2.25. The van der Waals surface area contributed by atoms with Crippen molar-refractivity contribution in [3.05, 3.63) is 67.1 Å². The van der Waals surface area contributed by atoms with Crippen LogP contribution >= 0.6 is 0 Å². The summed E-state index contributed by atoms with van der Waals surface area (Å²) in [6, 6.07) is 15.1. The van der Waals surface area contributed by atoms with Crippen molar-refractivity contribution in [2.45, 2.75) is 0 Å². The van der Waals surface area contributed by atoms with Gasteiger partial charge in [-0.05, 0) is 34.5 Å². The predicted molar refractivity (Wildman–Crippen MR) is 130 cm³/mol. The van der Waals surface area contributed by atoms with Crippen LogP contribution in [0.15, 0.2) is 67.1 Å². The Morgan fingerprint density at radius 2 is 1.88 bits per heavy atom. The van der Waals surface area contributed by atoms with Crippen molar-refractivity contribution in [3.8, 4) is 22.8 Å². The van der Waals surface area contributed by atoms with E-state index < -0.39 is 11.7 Å². The highest BCUT2D eigenvalue weighted by Crippen LogP contribution is 2.35. The first-order chi connectivity index (χ1) is 16.4. The zero-order valence-electron chi connectivity index (χ0n) is 18.7. The fourth-order valence-corrected chi connectivity index (χ4v) is 4.42. The highest BCUT2D eigenvalue weighted by molar-refractivity contribution is 6.00. The molecule has 0 bridgehead atoms. The summed E-state index contributed by atoms with van der Waals surface area (Å²) >= 11 is 0. The number of halogens is 1. The fraction of sp³-hybridized carbons (Fsp3) is 0.192. The van der Waals surface area contributed by atoms with Crippen LogP contribution in [-0.2, 0) is 4.79 Å². The van der Waals surface area contributed by atoms with Crippen LogP contribution in [0, 0.1) is 0 Å². The molecule has 5 rings (SSSR count). The minimum atomic E-state index is -0.946. The van der Waals surface area contributed by atoms with E-state index >= 15 is 0 Å². The second-order valence-electron chi connectivity index (χ2n) is 8.17. The quantitative estimate of drug-likeness (QED) is 0.460. The maximum absolute atomic E-state index is 13.3. The van der Waals surface area contributed by atoms with Gasteiger partial charge in [0.1, 0.15) is 11.3 Å². The third-order valence-electron chi connectivity index (χ3n) is 6.11. The molecule has 34 heavy (non-hydrogen) atoms. The van der Waals surface area contributed by atoms with Gasteiger partial charge in [-0.3, -0.25) is 9.78 Å². The van der Waals surface area contributed by atoms with Crippen molar-refractivity contribution in [1.29, 1.82) is 0 Å². The Kier molecular flexibility index (Phi) is 5.49. The van der Waals surface area contributed by atoms with Gasteiger partial charge in [0.25, 0.3) is 5.91 Å². The van der Waals surface area contributed by atoms with Gasteiger partial charge in [-0.15, -0.1) is 0 Å². The molecule has 1 N–H and O–H groups in total. The molecule has 8 heteroatoms. The number of rotatable bonds is 4. The smallest absolute Gasteiger partial charge is 0.282 e. The molecule has 3 heterocycles. The van der Waals surface area contributed by atoms with Gasteiger partial charge in [-0.25, -0.2) is 9.37 Å². The van der Waals surface area contributed by atoms with Crippen molar-refractivity contribution in [1.82, 2.24) is 14.9 Å². The zero-order valence-corrected chi connectivity index (χ0v) is 18.7. The van der Waals surface area contributed by atoms with Crippen molar-refractivity contribution in [2.75, 3.05) is 38.2 Å². The molecule has 1 amide bonds. The topological polar surface area (TPSA) is 78.8 Å². The number of piperazine rings is 1. The molecular formula is C26H23FN4O3. The van der Waals surface area contributed by atoms with Crippen LogP contribution in [0.25, 0.3) is 32.9 Å². The van der Waals surface area contributed by atoms with Crippen LogP contribution in [0.1, 0.15) is 0 Å². The average Bonchev–Trinajstić information content (AvgIpc) is 2.86. The van der Waals surface area contributed by atoms with E-state index in [4.69, 9.17) is 9.72 Å². The van der Waals surface area contributed by atoms with Gasteiger partial charge < -0.3 is 19.6 Å². The van der Waals surface area contributed by atoms with E-state index in [1.54, 1.807) is 25.4 Å². The molecule has 0 saturated carbocycles. The first kappa shape index (κ1) is 21.6. The number of aromatic hydroxyl groups is 1. The van der Waals surface area contributed by atoms with Gasteiger partial charge in [-0.2, -0.15) is 0 Å². The number of phenolic OH excluding ortho intramolecular Hbond substituents is 1. The van der Waals surface area contributed by atoms with Crippen molar-refractivity contribution < 1.29 is 19.0 Å². The fourth-order valence-electron chi connectivity index (χ4n) is 4.42. The number of pyridine rings is 2. The van der Waals surface area contributed by atoms with Crippen LogP contribution in [0.4, 0.5) is 10.1 Å². The maximum atomic E-state index is 13.3. The molecule has 172 valence electrons. The van der Waals surface area contributed by atoms with Gasteiger partial charge in [-0.1, -0.05) is 30.8 Å². The summed E-state index contributed by atoms with van der Waals surface area (Å²) in [6.45, 7) is 4.89. The molecule has 1 aliphatic heterocycles. The second kappa shape index (κ2) is 8.62. The third kappa shape index (κ3) is 3.87. The van der Waals surface area contributed by atoms with Gasteiger partial charge in [0.05, 0.1) is 18.3 Å². The van der Waals surface area contributed by atoms with E-state index in [0.29, 0.717) is 43.1 Å². The van der Waals surface area contributed by atoms with Gasteiger partial charge in [0.2, 0.25) is 5.88 Å². The first-order valence-corrected chi connectivity index (χ1v) is 10.9. The lowest BCUT2D eigenvalue weighted by molar-refractivity contribution is -0.128. The van der Waals surface area contributed by atoms with E-state index in [0.717, 1.165) is 27.6 Å². The number of amides is 1. The van der Waals surface area contributed by atoms with Crippen LogP contribution < -0.4 is 9.64 Å². The Bertz CT molecular complexity index is 1430. The van der Waals surface area contributed by atoms with Crippen molar-refractivity contribution in [2.24, 2.45) is 0 Å². The van der Waals surface area contributed by atoms with Gasteiger partial charge in [0.15, 0.2) is 5.83 Å². The number of hydrogen-bond donors (Lipinski definition) is 1. The number of anilines is 1. The van der Waals surface area contributed by atoms with Crippen LogP contribution in [0.3, 0.4) is 0 Å². The lowest BCUT2D eigenvalue weighted by atomic mass is 9.98. The summed E-state index contributed by atoms with van der Waals surface area (Å²) in [7, 11) is 1.56. The second-order valence-corrected chi connectivity index (χ2v) is 8.17. The Balaban J connectivity index is 1.55. The van der Waals surface area contributed by atoms with Gasteiger partial charge in [0, 0.05) is 44.0 Å². The molecule has 0 radical (unpaired) electrons. The first-order valence-electron chi connectivity index (χ1n) is 10.9. The number of hydrogen-bond acceptors (Lipinski definition) is 6. The van der Waals surface area contributed by atoms with Gasteiger partial charge >= 0.3 is 0 Å². The molecule has 0 aliphatic carbocycles. The number of phenols is 1. The van der Waals surface area contributed by atoms with E-state index in [9.17, 15) is 14.3 Å². The lowest BCUT2D eigenvalue weighted by Crippen LogP contribution is -2.49. The Morgan fingerprint density at radius 3 is 2.62 bits per heavy atom. The zero-order chi connectivity index (χ0) is 23.8. The predicted octanol–water partition coefficient (Wildman–Crippen LogP) is 4.30. The summed E-state index contributed by atoms with van der Waals surface area (Å²) in [5.74, 6) is -0.995. The Morgan fingerprint density at radius 1 is 1.12 bits per heavy atom. The number of aromatic nitrogens is 2. The van der Waals surface area contributed by atoms with E-state index in [2.05, 4.69) is 16.5 Å². The number of ether oxygens (including phenoxy) is 1. The number of fused-ring (bicyclic) bond motifs is 2. The molecule has 0 spiro atoms. The molecule has 0 unspecified atom stereocenters. The van der Waals surface area contributed by atoms with Crippen molar-refractivity contribution >= 4 is 33.4 Å². The lowest BCUT2D eigenvalue weighted by Gasteiger charge is -2.36. The van der Waals surface area contributed by atoms with Crippen LogP contribution in [-0.4, -0.2) is 59.2 Å². The normalized spacial score (nSPS) is 13.9. The van der Waals surface area contributed by atoms with Crippen LogP contribution in [0.5, 0.6) is 11.6 Å². The standard InChI is InChI=1S/C26H23FN4O3/c1-16(27)26(33)31-9-7-30(8-10-31)23-14-24(34-2)29-22-12-18(15-28-25(22)23)21-13-19(32)11-17-5-3-4-6-20(17)21/h3-6,11-15,32H,1,7-10H2,2H3. The molecular weight excluding hydrogens is 435 g/mol. The molecule has 2 aromatic heterocycles. The third-order valence-corrected chi connectivity index (χ3v) is 6.11.